The first-order chi connectivity index (χ1) is 6.50. The Morgan fingerprint density at radius 1 is 1.64 bits per heavy atom. The van der Waals surface area contributed by atoms with Crippen LogP contribution >= 0.6 is 11.8 Å². The van der Waals surface area contributed by atoms with Crippen LogP contribution < -0.4 is 5.73 Å². The molecule has 0 fully saturated rings. The normalized spacial score (nSPS) is 13.1. The Kier molecular flexibility index (Phi) is 3.34. The lowest BCUT2D eigenvalue weighted by atomic mass is 10.1. The first-order valence-corrected chi connectivity index (χ1v) is 4.96. The molecule has 14 heavy (non-hydrogen) atoms. The van der Waals surface area contributed by atoms with Crippen molar-refractivity contribution in [1.29, 1.82) is 0 Å². The number of H-pyrrole nitrogens is 1. The summed E-state index contributed by atoms with van der Waals surface area (Å²) in [7, 11) is 0. The minimum atomic E-state index is -0.867. The number of nitrogens with zero attached hydrogens (tertiary/aromatic N) is 2. The molecule has 6 nitrogen and oxygen atoms in total. The first kappa shape index (κ1) is 10.8. The molecule has 0 bridgehead atoms. The molecule has 0 aliphatic rings. The lowest BCUT2D eigenvalue weighted by Crippen LogP contribution is -2.22. The second-order valence-electron chi connectivity index (χ2n) is 3.12. The van der Waals surface area contributed by atoms with Crippen molar-refractivity contribution in [2.24, 2.45) is 5.92 Å². The standard InChI is InChI=1S/C7H12N4O2S/c1-3(2)4(5(12)13)14-7-9-6(8)10-11-7/h3-4H,1-2H3,(H,12,13)(H3,8,9,10,11)/t4-/m0/s1. The summed E-state index contributed by atoms with van der Waals surface area (Å²) < 4.78 is 0. The molecule has 78 valence electrons. The highest BCUT2D eigenvalue weighted by molar-refractivity contribution is 8.00. The van der Waals surface area contributed by atoms with Crippen LogP contribution in [0.5, 0.6) is 0 Å². The number of nitrogen functional groups attached to an aromatic ring is 1. The Morgan fingerprint density at radius 3 is 2.64 bits per heavy atom. The monoisotopic (exact) mass is 216 g/mol. The quantitative estimate of drug-likeness (QED) is 0.636. The Bertz CT molecular complexity index is 325. The molecule has 0 aromatic carbocycles. The van der Waals surface area contributed by atoms with E-state index in [2.05, 4.69) is 15.2 Å². The van der Waals surface area contributed by atoms with Crippen LogP contribution in [0.2, 0.25) is 0 Å². The van der Waals surface area contributed by atoms with Gasteiger partial charge in [0, 0.05) is 0 Å². The molecular weight excluding hydrogens is 204 g/mol. The van der Waals surface area contributed by atoms with E-state index in [0.717, 1.165) is 11.8 Å². The van der Waals surface area contributed by atoms with Gasteiger partial charge in [-0.25, -0.2) is 5.10 Å². The zero-order valence-electron chi connectivity index (χ0n) is 7.89. The number of hydrogen-bond donors (Lipinski definition) is 3. The largest absolute Gasteiger partial charge is 0.480 e. The van der Waals surface area contributed by atoms with E-state index in [0.29, 0.717) is 5.16 Å². The van der Waals surface area contributed by atoms with Crippen LogP contribution in [-0.4, -0.2) is 31.5 Å². The number of hydrogen-bond acceptors (Lipinski definition) is 5. The van der Waals surface area contributed by atoms with Crippen molar-refractivity contribution in [3.05, 3.63) is 0 Å². The number of carboxylic acid groups (broad SMARTS) is 1. The van der Waals surface area contributed by atoms with Gasteiger partial charge in [-0.1, -0.05) is 25.6 Å². The summed E-state index contributed by atoms with van der Waals surface area (Å²) in [5.41, 5.74) is 5.32. The second kappa shape index (κ2) is 4.32. The Morgan fingerprint density at radius 2 is 2.29 bits per heavy atom. The molecule has 0 unspecified atom stereocenters. The van der Waals surface area contributed by atoms with Gasteiger partial charge in [-0.05, 0) is 5.92 Å². The fourth-order valence-electron chi connectivity index (χ4n) is 0.896. The molecule has 1 atom stereocenters. The number of nitrogens with two attached hydrogens (primary N) is 1. The number of aromatic nitrogens is 3. The van der Waals surface area contributed by atoms with E-state index in [-0.39, 0.29) is 11.9 Å². The number of carbonyl (C=O) groups is 1. The third kappa shape index (κ3) is 2.63. The van der Waals surface area contributed by atoms with Crippen LogP contribution in [0.15, 0.2) is 5.16 Å². The van der Waals surface area contributed by atoms with Gasteiger partial charge >= 0.3 is 5.97 Å². The highest BCUT2D eigenvalue weighted by Gasteiger charge is 2.24. The fourth-order valence-corrected chi connectivity index (χ4v) is 1.75. The average Bonchev–Trinajstić information content (AvgIpc) is 2.46. The van der Waals surface area contributed by atoms with Gasteiger partial charge in [-0.2, -0.15) is 4.98 Å². The van der Waals surface area contributed by atoms with Crippen molar-refractivity contribution in [2.45, 2.75) is 24.3 Å². The molecule has 1 aromatic rings. The van der Waals surface area contributed by atoms with Crippen molar-refractivity contribution >= 4 is 23.7 Å². The van der Waals surface area contributed by atoms with Crippen LogP contribution in [0, 0.1) is 5.92 Å². The number of carboxylic acids is 1. The van der Waals surface area contributed by atoms with Crippen LogP contribution in [0.1, 0.15) is 13.8 Å². The van der Waals surface area contributed by atoms with Gasteiger partial charge in [0.1, 0.15) is 5.25 Å². The van der Waals surface area contributed by atoms with Gasteiger partial charge in [-0.3, -0.25) is 4.79 Å². The van der Waals surface area contributed by atoms with Gasteiger partial charge in [0.05, 0.1) is 0 Å². The summed E-state index contributed by atoms with van der Waals surface area (Å²) in [6.07, 6.45) is 0. The fraction of sp³-hybridized carbons (Fsp3) is 0.571. The molecule has 7 heteroatoms. The third-order valence-electron chi connectivity index (χ3n) is 1.56. The van der Waals surface area contributed by atoms with E-state index < -0.39 is 11.2 Å². The second-order valence-corrected chi connectivity index (χ2v) is 4.23. The van der Waals surface area contributed by atoms with E-state index in [4.69, 9.17) is 10.8 Å². The first-order valence-electron chi connectivity index (χ1n) is 4.08. The van der Waals surface area contributed by atoms with E-state index in [1.807, 2.05) is 13.8 Å². The van der Waals surface area contributed by atoms with Gasteiger partial charge in [0.15, 0.2) is 0 Å². The van der Waals surface area contributed by atoms with Crippen molar-refractivity contribution in [3.63, 3.8) is 0 Å². The SMILES string of the molecule is CC(C)[C@H](Sc1n[nH]c(N)n1)C(=O)O. The predicted molar refractivity (Wildman–Crippen MR) is 52.9 cm³/mol. The highest BCUT2D eigenvalue weighted by atomic mass is 32.2. The number of thioether (sulfide) groups is 1. The van der Waals surface area contributed by atoms with Gasteiger partial charge in [-0.15, -0.1) is 5.10 Å². The van der Waals surface area contributed by atoms with Crippen LogP contribution in [0.25, 0.3) is 0 Å². The van der Waals surface area contributed by atoms with E-state index in [1.54, 1.807) is 0 Å². The van der Waals surface area contributed by atoms with Crippen molar-refractivity contribution in [3.8, 4) is 0 Å². The van der Waals surface area contributed by atoms with Crippen LogP contribution in [0.4, 0.5) is 5.95 Å². The zero-order valence-corrected chi connectivity index (χ0v) is 8.71. The number of aromatic amines is 1. The van der Waals surface area contributed by atoms with Gasteiger partial charge < -0.3 is 10.8 Å². The lowest BCUT2D eigenvalue weighted by molar-refractivity contribution is -0.137. The number of nitrogens with one attached hydrogen (secondary N) is 1. The van der Waals surface area contributed by atoms with Crippen LogP contribution in [0.3, 0.4) is 0 Å². The van der Waals surface area contributed by atoms with Crippen molar-refractivity contribution < 1.29 is 9.90 Å². The minimum Gasteiger partial charge on any atom is -0.480 e. The lowest BCUT2D eigenvalue weighted by Gasteiger charge is -2.12. The molecule has 1 heterocycles. The Balaban J connectivity index is 2.69. The topological polar surface area (TPSA) is 105 Å². The van der Waals surface area contributed by atoms with Gasteiger partial charge in [0.25, 0.3) is 0 Å². The van der Waals surface area contributed by atoms with E-state index >= 15 is 0 Å². The summed E-state index contributed by atoms with van der Waals surface area (Å²) in [5.74, 6) is -0.661. The summed E-state index contributed by atoms with van der Waals surface area (Å²) in [6, 6.07) is 0. The van der Waals surface area contributed by atoms with E-state index in [1.165, 1.54) is 0 Å². The van der Waals surface area contributed by atoms with Crippen LogP contribution in [-0.2, 0) is 4.79 Å². The molecule has 0 spiro atoms. The van der Waals surface area contributed by atoms with Crippen molar-refractivity contribution in [2.75, 3.05) is 5.73 Å². The summed E-state index contributed by atoms with van der Waals surface area (Å²) in [5, 5.41) is 14.9. The van der Waals surface area contributed by atoms with E-state index in [9.17, 15) is 4.79 Å². The predicted octanol–water partition coefficient (Wildman–Crippen LogP) is 0.588. The number of aliphatic carboxylic acids is 1. The number of anilines is 1. The summed E-state index contributed by atoms with van der Waals surface area (Å²) in [6.45, 7) is 3.67. The maximum Gasteiger partial charge on any atom is 0.317 e. The molecular formula is C7H12N4O2S. The molecule has 1 rings (SSSR count). The Hall–Kier alpha value is -1.24. The van der Waals surface area contributed by atoms with Crippen molar-refractivity contribution in [1.82, 2.24) is 15.2 Å². The molecule has 0 radical (unpaired) electrons. The zero-order chi connectivity index (χ0) is 10.7. The number of rotatable bonds is 4. The smallest absolute Gasteiger partial charge is 0.317 e. The van der Waals surface area contributed by atoms with Gasteiger partial charge in [0.2, 0.25) is 11.1 Å². The average molecular weight is 216 g/mol. The summed E-state index contributed by atoms with van der Waals surface area (Å²) >= 11 is 1.09. The summed E-state index contributed by atoms with van der Waals surface area (Å²) in [4.78, 5) is 14.7. The Labute approximate surface area is 85.3 Å². The maximum absolute atomic E-state index is 10.8. The molecule has 4 N–H and O–H groups in total. The third-order valence-corrected chi connectivity index (χ3v) is 2.96. The highest BCUT2D eigenvalue weighted by Crippen LogP contribution is 2.25. The molecule has 0 saturated carbocycles. The molecule has 0 saturated heterocycles. The molecule has 0 aliphatic carbocycles. The molecule has 0 amide bonds. The molecule has 1 aromatic heterocycles. The maximum atomic E-state index is 10.8. The minimum absolute atomic E-state index is 0.0113. The molecule has 0 aliphatic heterocycles.